The van der Waals surface area contributed by atoms with E-state index in [1.807, 2.05) is 50.2 Å². The van der Waals surface area contributed by atoms with Crippen molar-refractivity contribution >= 4 is 46.8 Å². The predicted octanol–water partition coefficient (Wildman–Crippen LogP) is 5.81. The number of nitrogens with zero attached hydrogens (tertiary/aromatic N) is 1. The van der Waals surface area contributed by atoms with E-state index < -0.39 is 6.04 Å². The van der Waals surface area contributed by atoms with E-state index in [0.717, 1.165) is 16.9 Å². The Morgan fingerprint density at radius 2 is 1.80 bits per heavy atom. The number of hydrogen-bond acceptors (Lipinski definition) is 3. The molecule has 2 aromatic carbocycles. The molecule has 0 fully saturated rings. The molecule has 0 bridgehead atoms. The molecule has 1 atom stereocenters. The summed E-state index contributed by atoms with van der Waals surface area (Å²) in [5.74, 6) is 0.472. The fraction of sp³-hybridized carbons (Fsp3) is 0.391. The minimum atomic E-state index is -0.528. The summed E-state index contributed by atoms with van der Waals surface area (Å²) in [5, 5.41) is 3.82. The number of benzene rings is 2. The molecule has 2 rings (SSSR count). The molecule has 0 aliphatic heterocycles. The molecular weight excluding hydrogens is 439 g/mol. The SMILES string of the molecule is CCCNC(=O)C(CC)N(Cc1ccc(Cl)c(Cl)c1)C(=O)CCSc1ccccc1. The van der Waals surface area contributed by atoms with Crippen molar-refractivity contribution in [3.05, 3.63) is 64.1 Å². The van der Waals surface area contributed by atoms with Crippen LogP contribution in [0.2, 0.25) is 10.0 Å². The van der Waals surface area contributed by atoms with E-state index >= 15 is 0 Å². The van der Waals surface area contributed by atoms with Crippen molar-refractivity contribution in [2.75, 3.05) is 12.3 Å². The zero-order valence-electron chi connectivity index (χ0n) is 17.4. The zero-order chi connectivity index (χ0) is 21.9. The Morgan fingerprint density at radius 3 is 2.43 bits per heavy atom. The summed E-state index contributed by atoms with van der Waals surface area (Å²) < 4.78 is 0. The lowest BCUT2D eigenvalue weighted by atomic mass is 10.1. The quantitative estimate of drug-likeness (QED) is 0.425. The van der Waals surface area contributed by atoms with Crippen LogP contribution < -0.4 is 5.32 Å². The van der Waals surface area contributed by atoms with Gasteiger partial charge in [0.25, 0.3) is 0 Å². The predicted molar refractivity (Wildman–Crippen MR) is 126 cm³/mol. The van der Waals surface area contributed by atoms with E-state index in [1.54, 1.807) is 28.8 Å². The van der Waals surface area contributed by atoms with Crippen molar-refractivity contribution in [1.29, 1.82) is 0 Å². The highest BCUT2D eigenvalue weighted by Gasteiger charge is 2.28. The average Bonchev–Trinajstić information content (AvgIpc) is 2.75. The molecule has 162 valence electrons. The standard InChI is InChI=1S/C23H28Cl2N2O2S/c1-3-13-26-23(29)21(4-2)27(16-17-10-11-19(24)20(25)15-17)22(28)12-14-30-18-8-6-5-7-9-18/h5-11,15,21H,3-4,12-14,16H2,1-2H3,(H,26,29). The fourth-order valence-electron chi connectivity index (χ4n) is 3.04. The molecule has 1 N–H and O–H groups in total. The first-order valence-corrected chi connectivity index (χ1v) is 11.9. The number of carbonyl (C=O) groups is 2. The van der Waals surface area contributed by atoms with Crippen LogP contribution in [0.1, 0.15) is 38.7 Å². The Bertz CT molecular complexity index is 833. The van der Waals surface area contributed by atoms with Gasteiger partial charge in [0.2, 0.25) is 11.8 Å². The van der Waals surface area contributed by atoms with Crippen molar-refractivity contribution in [1.82, 2.24) is 10.2 Å². The van der Waals surface area contributed by atoms with Crippen LogP contribution in [-0.4, -0.2) is 35.1 Å². The molecule has 0 radical (unpaired) electrons. The van der Waals surface area contributed by atoms with Gasteiger partial charge < -0.3 is 10.2 Å². The Labute approximate surface area is 193 Å². The van der Waals surface area contributed by atoms with Crippen LogP contribution in [0.25, 0.3) is 0 Å². The fourth-order valence-corrected chi connectivity index (χ4v) is 4.22. The Balaban J connectivity index is 2.14. The maximum Gasteiger partial charge on any atom is 0.242 e. The van der Waals surface area contributed by atoms with Gasteiger partial charge in [-0.15, -0.1) is 11.8 Å². The summed E-state index contributed by atoms with van der Waals surface area (Å²) in [6, 6.07) is 14.7. The summed E-state index contributed by atoms with van der Waals surface area (Å²) in [5.41, 5.74) is 0.843. The van der Waals surface area contributed by atoms with Crippen LogP contribution in [-0.2, 0) is 16.1 Å². The van der Waals surface area contributed by atoms with Crippen molar-refractivity contribution in [2.45, 2.75) is 50.6 Å². The molecule has 0 spiro atoms. The maximum atomic E-state index is 13.1. The highest BCUT2D eigenvalue weighted by molar-refractivity contribution is 7.99. The van der Waals surface area contributed by atoms with E-state index in [0.29, 0.717) is 41.7 Å². The minimum absolute atomic E-state index is 0.0528. The van der Waals surface area contributed by atoms with Crippen molar-refractivity contribution in [3.8, 4) is 0 Å². The number of halogens is 2. The van der Waals surface area contributed by atoms with Crippen LogP contribution in [0.15, 0.2) is 53.4 Å². The highest BCUT2D eigenvalue weighted by Crippen LogP contribution is 2.25. The Morgan fingerprint density at radius 1 is 1.07 bits per heavy atom. The minimum Gasteiger partial charge on any atom is -0.354 e. The molecule has 0 saturated heterocycles. The molecule has 1 unspecified atom stereocenters. The Hall–Kier alpha value is -1.69. The van der Waals surface area contributed by atoms with Gasteiger partial charge in [-0.3, -0.25) is 9.59 Å². The van der Waals surface area contributed by atoms with Crippen LogP contribution >= 0.6 is 35.0 Å². The van der Waals surface area contributed by atoms with Crippen LogP contribution in [0, 0.1) is 0 Å². The van der Waals surface area contributed by atoms with E-state index in [2.05, 4.69) is 5.32 Å². The zero-order valence-corrected chi connectivity index (χ0v) is 19.7. The third-order valence-corrected chi connectivity index (χ3v) is 6.35. The first-order valence-electron chi connectivity index (χ1n) is 10.1. The van der Waals surface area contributed by atoms with E-state index in [-0.39, 0.29) is 11.8 Å². The molecular formula is C23H28Cl2N2O2S. The summed E-state index contributed by atoms with van der Waals surface area (Å²) in [7, 11) is 0. The van der Waals surface area contributed by atoms with Crippen molar-refractivity contribution in [2.24, 2.45) is 0 Å². The van der Waals surface area contributed by atoms with E-state index in [4.69, 9.17) is 23.2 Å². The van der Waals surface area contributed by atoms with Crippen molar-refractivity contribution in [3.63, 3.8) is 0 Å². The number of nitrogens with one attached hydrogen (secondary N) is 1. The monoisotopic (exact) mass is 466 g/mol. The first-order chi connectivity index (χ1) is 14.5. The second kappa shape index (κ2) is 12.9. The van der Waals surface area contributed by atoms with Gasteiger partial charge in [0, 0.05) is 30.2 Å². The number of thioether (sulfide) groups is 1. The first kappa shape index (κ1) is 24.6. The van der Waals surface area contributed by atoms with Gasteiger partial charge in [-0.05, 0) is 42.7 Å². The topological polar surface area (TPSA) is 49.4 Å². The molecule has 0 aliphatic rings. The Kier molecular flexibility index (Phi) is 10.6. The van der Waals surface area contributed by atoms with Gasteiger partial charge in [-0.2, -0.15) is 0 Å². The van der Waals surface area contributed by atoms with Crippen LogP contribution in [0.3, 0.4) is 0 Å². The van der Waals surface area contributed by atoms with Crippen LogP contribution in [0.4, 0.5) is 0 Å². The van der Waals surface area contributed by atoms with Crippen LogP contribution in [0.5, 0.6) is 0 Å². The van der Waals surface area contributed by atoms with Gasteiger partial charge in [0.05, 0.1) is 10.0 Å². The molecule has 2 aromatic rings. The molecule has 0 saturated carbocycles. The molecule has 7 heteroatoms. The molecule has 30 heavy (non-hydrogen) atoms. The van der Waals surface area contributed by atoms with E-state index in [9.17, 15) is 9.59 Å². The van der Waals surface area contributed by atoms with Gasteiger partial charge in [0.1, 0.15) is 6.04 Å². The van der Waals surface area contributed by atoms with Gasteiger partial charge in [-0.25, -0.2) is 0 Å². The smallest absolute Gasteiger partial charge is 0.242 e. The molecule has 0 aromatic heterocycles. The summed E-state index contributed by atoms with van der Waals surface area (Å²) in [4.78, 5) is 28.7. The average molecular weight is 467 g/mol. The van der Waals surface area contributed by atoms with Crippen molar-refractivity contribution < 1.29 is 9.59 Å². The number of rotatable bonds is 11. The van der Waals surface area contributed by atoms with Gasteiger partial charge in [0.15, 0.2) is 0 Å². The second-order valence-corrected chi connectivity index (χ2v) is 8.88. The second-order valence-electron chi connectivity index (χ2n) is 6.90. The molecule has 2 amide bonds. The number of amides is 2. The van der Waals surface area contributed by atoms with Gasteiger partial charge in [-0.1, -0.05) is 61.3 Å². The molecule has 0 heterocycles. The van der Waals surface area contributed by atoms with E-state index in [1.165, 1.54) is 0 Å². The maximum absolute atomic E-state index is 13.1. The largest absolute Gasteiger partial charge is 0.354 e. The highest BCUT2D eigenvalue weighted by atomic mass is 35.5. The third kappa shape index (κ3) is 7.53. The van der Waals surface area contributed by atoms with Gasteiger partial charge >= 0.3 is 0 Å². The molecule has 4 nitrogen and oxygen atoms in total. The lowest BCUT2D eigenvalue weighted by molar-refractivity contribution is -0.141. The third-order valence-electron chi connectivity index (χ3n) is 4.60. The lowest BCUT2D eigenvalue weighted by Crippen LogP contribution is -2.49. The summed E-state index contributed by atoms with van der Waals surface area (Å²) >= 11 is 13.8. The summed E-state index contributed by atoms with van der Waals surface area (Å²) in [6.45, 7) is 4.82. The summed E-state index contributed by atoms with van der Waals surface area (Å²) in [6.07, 6.45) is 1.73. The normalized spacial score (nSPS) is 11.7. The molecule has 0 aliphatic carbocycles. The lowest BCUT2D eigenvalue weighted by Gasteiger charge is -2.30. The number of hydrogen-bond donors (Lipinski definition) is 1. The number of carbonyl (C=O) groups excluding carboxylic acids is 2.